The molecular formula is C17H23N7O. The molecule has 3 N–H and O–H groups in total. The van der Waals surface area contributed by atoms with Gasteiger partial charge in [-0.15, -0.1) is 0 Å². The quantitative estimate of drug-likeness (QED) is 0.607. The minimum atomic E-state index is -0.369. The van der Waals surface area contributed by atoms with Crippen molar-refractivity contribution >= 4 is 28.6 Å². The number of aromatic nitrogens is 5. The van der Waals surface area contributed by atoms with Crippen LogP contribution in [-0.4, -0.2) is 42.3 Å². The number of anilines is 3. The van der Waals surface area contributed by atoms with Gasteiger partial charge >= 0.3 is 0 Å². The summed E-state index contributed by atoms with van der Waals surface area (Å²) >= 11 is 0. The molecule has 3 rings (SSSR count). The number of imidazole rings is 1. The first kappa shape index (κ1) is 17.1. The van der Waals surface area contributed by atoms with Crippen molar-refractivity contribution < 1.29 is 5.11 Å². The predicted octanol–water partition coefficient (Wildman–Crippen LogP) is 2.73. The fraction of sp³-hybridized carbons (Fsp3) is 0.412. The van der Waals surface area contributed by atoms with Gasteiger partial charge in [0.05, 0.1) is 12.4 Å². The largest absolute Gasteiger partial charge is 0.393 e. The van der Waals surface area contributed by atoms with Gasteiger partial charge in [0, 0.05) is 30.7 Å². The van der Waals surface area contributed by atoms with Crippen LogP contribution in [-0.2, 0) is 0 Å². The highest BCUT2D eigenvalue weighted by molar-refractivity contribution is 5.86. The van der Waals surface area contributed by atoms with Crippen LogP contribution < -0.4 is 10.6 Å². The molecule has 0 fully saturated rings. The molecule has 3 aromatic heterocycles. The molecule has 0 amide bonds. The van der Waals surface area contributed by atoms with Gasteiger partial charge in [-0.25, -0.2) is 4.98 Å². The lowest BCUT2D eigenvalue weighted by atomic mass is 10.3. The molecule has 0 aliphatic rings. The van der Waals surface area contributed by atoms with Crippen molar-refractivity contribution in [2.45, 2.75) is 39.3 Å². The average Bonchev–Trinajstić information content (AvgIpc) is 3.00. The molecule has 0 bridgehead atoms. The molecule has 0 aliphatic heterocycles. The van der Waals surface area contributed by atoms with Crippen molar-refractivity contribution in [2.75, 3.05) is 17.2 Å². The van der Waals surface area contributed by atoms with Gasteiger partial charge in [0.25, 0.3) is 0 Å². The minimum Gasteiger partial charge on any atom is -0.393 e. The molecule has 0 aliphatic carbocycles. The van der Waals surface area contributed by atoms with E-state index in [1.807, 2.05) is 16.7 Å². The van der Waals surface area contributed by atoms with E-state index in [0.29, 0.717) is 30.2 Å². The number of nitrogens with one attached hydrogen (secondary N) is 2. The topological polar surface area (TPSA) is 101 Å². The van der Waals surface area contributed by atoms with Crippen LogP contribution in [0.5, 0.6) is 0 Å². The van der Waals surface area contributed by atoms with E-state index in [2.05, 4.69) is 44.4 Å². The number of aliphatic hydroxyl groups is 1. The number of aliphatic hydroxyl groups excluding tert-OH is 1. The second-order valence-corrected chi connectivity index (χ2v) is 6.24. The first-order valence-electron chi connectivity index (χ1n) is 8.38. The molecule has 0 saturated carbocycles. The molecule has 3 aromatic rings. The van der Waals surface area contributed by atoms with E-state index in [0.717, 1.165) is 11.3 Å². The van der Waals surface area contributed by atoms with E-state index >= 15 is 0 Å². The molecule has 3 heterocycles. The van der Waals surface area contributed by atoms with E-state index < -0.39 is 0 Å². The Hall–Kier alpha value is -2.74. The molecule has 0 saturated heterocycles. The highest BCUT2D eigenvalue weighted by Crippen LogP contribution is 2.25. The maximum absolute atomic E-state index is 9.42. The maximum Gasteiger partial charge on any atom is 0.226 e. The zero-order valence-electron chi connectivity index (χ0n) is 14.6. The van der Waals surface area contributed by atoms with Crippen molar-refractivity contribution in [3.63, 3.8) is 0 Å². The fourth-order valence-electron chi connectivity index (χ4n) is 2.43. The lowest BCUT2D eigenvalue weighted by molar-refractivity contribution is 0.188. The molecule has 0 radical (unpaired) electrons. The van der Waals surface area contributed by atoms with Crippen LogP contribution in [0.25, 0.3) is 11.2 Å². The lowest BCUT2D eigenvalue weighted by Crippen LogP contribution is -2.13. The van der Waals surface area contributed by atoms with E-state index in [1.54, 1.807) is 25.6 Å². The Morgan fingerprint density at radius 1 is 1.16 bits per heavy atom. The molecule has 0 unspecified atom stereocenters. The first-order valence-corrected chi connectivity index (χ1v) is 8.38. The lowest BCUT2D eigenvalue weighted by Gasteiger charge is -2.12. The van der Waals surface area contributed by atoms with Gasteiger partial charge in [-0.1, -0.05) is 0 Å². The molecule has 8 heteroatoms. The van der Waals surface area contributed by atoms with E-state index in [4.69, 9.17) is 0 Å². The summed E-state index contributed by atoms with van der Waals surface area (Å²) in [5, 5.41) is 15.9. The van der Waals surface area contributed by atoms with Gasteiger partial charge in [-0.3, -0.25) is 4.98 Å². The highest BCUT2D eigenvalue weighted by atomic mass is 16.3. The fourth-order valence-corrected chi connectivity index (χ4v) is 2.43. The van der Waals surface area contributed by atoms with Crippen molar-refractivity contribution in [1.29, 1.82) is 0 Å². The Balaban J connectivity index is 1.97. The van der Waals surface area contributed by atoms with Gasteiger partial charge in [-0.05, 0) is 39.3 Å². The van der Waals surface area contributed by atoms with Gasteiger partial charge in [-0.2, -0.15) is 9.97 Å². The summed E-state index contributed by atoms with van der Waals surface area (Å²) in [5.74, 6) is 1.14. The third-order valence-electron chi connectivity index (χ3n) is 3.77. The van der Waals surface area contributed by atoms with Gasteiger partial charge in [0.15, 0.2) is 17.0 Å². The summed E-state index contributed by atoms with van der Waals surface area (Å²) in [6, 6.07) is 3.97. The monoisotopic (exact) mass is 341 g/mol. The van der Waals surface area contributed by atoms with Gasteiger partial charge in [0.2, 0.25) is 5.95 Å². The zero-order chi connectivity index (χ0) is 17.8. The van der Waals surface area contributed by atoms with E-state index in [1.165, 1.54) is 0 Å². The van der Waals surface area contributed by atoms with Crippen LogP contribution >= 0.6 is 0 Å². The number of hydrogen-bond acceptors (Lipinski definition) is 7. The SMILES string of the molecule is CC(C)n1cnc2c(Nc3ccncc3)nc(NCC[C@@H](C)O)nc21. The van der Waals surface area contributed by atoms with Crippen LogP contribution in [0.3, 0.4) is 0 Å². The average molecular weight is 341 g/mol. The van der Waals surface area contributed by atoms with Gasteiger partial charge < -0.3 is 20.3 Å². The predicted molar refractivity (Wildman–Crippen MR) is 98.0 cm³/mol. The Kier molecular flexibility index (Phi) is 5.08. The molecule has 0 aromatic carbocycles. The highest BCUT2D eigenvalue weighted by Gasteiger charge is 2.15. The van der Waals surface area contributed by atoms with Crippen LogP contribution in [0.2, 0.25) is 0 Å². The summed E-state index contributed by atoms with van der Waals surface area (Å²) < 4.78 is 2.01. The Morgan fingerprint density at radius 3 is 2.60 bits per heavy atom. The Labute approximate surface area is 146 Å². The normalized spacial score (nSPS) is 12.5. The van der Waals surface area contributed by atoms with Crippen molar-refractivity contribution in [1.82, 2.24) is 24.5 Å². The maximum atomic E-state index is 9.42. The summed E-state index contributed by atoms with van der Waals surface area (Å²) in [6.07, 6.45) is 5.47. The van der Waals surface area contributed by atoms with Crippen molar-refractivity contribution in [3.05, 3.63) is 30.9 Å². The van der Waals surface area contributed by atoms with E-state index in [-0.39, 0.29) is 12.1 Å². The minimum absolute atomic E-state index is 0.235. The van der Waals surface area contributed by atoms with Crippen LogP contribution in [0.4, 0.5) is 17.5 Å². The number of pyridine rings is 1. The zero-order valence-corrected chi connectivity index (χ0v) is 14.6. The van der Waals surface area contributed by atoms with Gasteiger partial charge in [0.1, 0.15) is 0 Å². The summed E-state index contributed by atoms with van der Waals surface area (Å²) in [5.41, 5.74) is 2.36. The first-order chi connectivity index (χ1) is 12.0. The van der Waals surface area contributed by atoms with Crippen molar-refractivity contribution in [2.24, 2.45) is 0 Å². The molecule has 25 heavy (non-hydrogen) atoms. The molecule has 8 nitrogen and oxygen atoms in total. The molecule has 1 atom stereocenters. The molecule has 0 spiro atoms. The third kappa shape index (κ3) is 4.03. The molecule has 132 valence electrons. The second-order valence-electron chi connectivity index (χ2n) is 6.24. The summed E-state index contributed by atoms with van der Waals surface area (Å²) in [4.78, 5) is 17.7. The summed E-state index contributed by atoms with van der Waals surface area (Å²) in [6.45, 7) is 6.52. The number of hydrogen-bond donors (Lipinski definition) is 3. The smallest absolute Gasteiger partial charge is 0.226 e. The van der Waals surface area contributed by atoms with E-state index in [9.17, 15) is 5.11 Å². The number of rotatable bonds is 7. The Morgan fingerprint density at radius 2 is 1.92 bits per heavy atom. The number of fused-ring (bicyclic) bond motifs is 1. The summed E-state index contributed by atoms with van der Waals surface area (Å²) in [7, 11) is 0. The van der Waals surface area contributed by atoms with Crippen LogP contribution in [0.1, 0.15) is 33.2 Å². The molecular weight excluding hydrogens is 318 g/mol. The van der Waals surface area contributed by atoms with Crippen molar-refractivity contribution in [3.8, 4) is 0 Å². The van der Waals surface area contributed by atoms with Crippen LogP contribution in [0, 0.1) is 0 Å². The Bertz CT molecular complexity index is 830. The third-order valence-corrected chi connectivity index (χ3v) is 3.77. The number of nitrogens with zero attached hydrogens (tertiary/aromatic N) is 5. The standard InChI is InChI=1S/C17H23N7O/c1-11(2)24-10-20-14-15(21-13-5-7-18-8-6-13)22-17(23-16(14)24)19-9-4-12(3)25/h5-8,10-12,25H,4,9H2,1-3H3,(H2,18,19,21,22,23)/t12-/m1/s1. The van der Waals surface area contributed by atoms with Crippen LogP contribution in [0.15, 0.2) is 30.9 Å². The second kappa shape index (κ2) is 7.43.